The number of fused-ring (bicyclic) bond motifs is 12. The normalized spacial score (nSPS) is 12.1. The highest BCUT2D eigenvalue weighted by Crippen LogP contribution is 2.39. The zero-order chi connectivity index (χ0) is 37.9. The number of hydrogen-bond acceptors (Lipinski definition) is 4. The average Bonchev–Trinajstić information content (AvgIpc) is 4.01. The molecule has 0 aliphatic rings. The number of aromatic nitrogens is 8. The van der Waals surface area contributed by atoms with Crippen LogP contribution in [0.4, 0.5) is 0 Å². The zero-order valence-electron chi connectivity index (χ0n) is 30.9. The molecule has 8 aromatic heterocycles. The van der Waals surface area contributed by atoms with E-state index in [9.17, 15) is 0 Å². The first-order valence-corrected chi connectivity index (χ1v) is 19.4. The van der Waals surface area contributed by atoms with Crippen molar-refractivity contribution in [3.63, 3.8) is 0 Å². The second-order valence-electron chi connectivity index (χ2n) is 14.8. The quantitative estimate of drug-likeness (QED) is 0.180. The van der Waals surface area contributed by atoms with Gasteiger partial charge in [0.2, 0.25) is 0 Å². The maximum Gasteiger partial charge on any atom is 0.137 e. The summed E-state index contributed by atoms with van der Waals surface area (Å²) in [5.74, 6) is 0.841. The van der Waals surface area contributed by atoms with Crippen LogP contribution in [0.15, 0.2) is 183 Å². The van der Waals surface area contributed by atoms with E-state index in [-0.39, 0.29) is 0 Å². The molecular weight excluding hydrogens is 713 g/mol. The standard InChI is InChI=1S/C50H30N8/c1-4-12-40-34(9-1)39-30-51-26-23-45(39)57(40)33-19-22-48(54-29-33)58-43-20-17-31(55-41-13-5-2-10-35(41)49-46(55)15-7-24-52-49)27-37(43)38-28-32(18-21-44(38)58)56-42-14-6-3-11-36(42)50-47(56)16-8-25-53-50/h1-30H. The first-order valence-electron chi connectivity index (χ1n) is 19.4. The molecule has 13 rings (SSSR count). The summed E-state index contributed by atoms with van der Waals surface area (Å²) in [6.45, 7) is 0. The summed E-state index contributed by atoms with van der Waals surface area (Å²) in [7, 11) is 0. The van der Waals surface area contributed by atoms with E-state index in [1.165, 1.54) is 5.39 Å². The molecule has 0 bridgehead atoms. The summed E-state index contributed by atoms with van der Waals surface area (Å²) in [5.41, 5.74) is 13.9. The molecule has 13 aromatic rings. The van der Waals surface area contributed by atoms with Crippen molar-refractivity contribution < 1.29 is 0 Å². The van der Waals surface area contributed by atoms with E-state index < -0.39 is 0 Å². The molecule has 0 aliphatic carbocycles. The highest BCUT2D eigenvalue weighted by Gasteiger charge is 2.20. The monoisotopic (exact) mass is 742 g/mol. The van der Waals surface area contributed by atoms with Crippen molar-refractivity contribution in [2.24, 2.45) is 0 Å². The van der Waals surface area contributed by atoms with Gasteiger partial charge in [0.15, 0.2) is 0 Å². The van der Waals surface area contributed by atoms with Crippen molar-refractivity contribution in [1.29, 1.82) is 0 Å². The van der Waals surface area contributed by atoms with E-state index in [1.54, 1.807) is 0 Å². The molecule has 8 heterocycles. The maximum absolute atomic E-state index is 5.20. The SMILES string of the molecule is c1ccc2c(c1)c1cnccc1n2-c1ccc(-n2c3ccc(-n4c5ccccc5c5ncccc54)cc3c3cc(-n4c5ccccc5c5ncccc54)ccc32)nc1. The van der Waals surface area contributed by atoms with Gasteiger partial charge in [0.1, 0.15) is 5.82 Å². The third-order valence-corrected chi connectivity index (χ3v) is 11.8. The summed E-state index contributed by atoms with van der Waals surface area (Å²) in [5, 5.41) is 6.81. The van der Waals surface area contributed by atoms with Gasteiger partial charge in [-0.05, 0) is 97.1 Å². The Labute approximate surface area is 330 Å². The lowest BCUT2D eigenvalue weighted by Gasteiger charge is -2.12. The minimum Gasteiger partial charge on any atom is -0.308 e. The molecular formula is C50H30N8. The molecule has 0 fully saturated rings. The number of pyridine rings is 4. The van der Waals surface area contributed by atoms with Gasteiger partial charge in [-0.25, -0.2) is 4.98 Å². The van der Waals surface area contributed by atoms with Crippen LogP contribution in [-0.2, 0) is 0 Å². The predicted octanol–water partition coefficient (Wildman–Crippen LogP) is 11.7. The molecule has 0 unspecified atom stereocenters. The lowest BCUT2D eigenvalue weighted by Crippen LogP contribution is -2.01. The molecule has 0 saturated carbocycles. The Morgan fingerprint density at radius 3 is 1.36 bits per heavy atom. The lowest BCUT2D eigenvalue weighted by atomic mass is 10.1. The Hall–Kier alpha value is -8.10. The Morgan fingerprint density at radius 1 is 0.293 bits per heavy atom. The number of para-hydroxylation sites is 3. The van der Waals surface area contributed by atoms with E-state index in [2.05, 4.69) is 163 Å². The molecule has 0 atom stereocenters. The van der Waals surface area contributed by atoms with Crippen LogP contribution in [0, 0.1) is 0 Å². The zero-order valence-corrected chi connectivity index (χ0v) is 30.9. The highest BCUT2D eigenvalue weighted by atomic mass is 15.1. The van der Waals surface area contributed by atoms with Gasteiger partial charge < -0.3 is 13.7 Å². The van der Waals surface area contributed by atoms with Gasteiger partial charge in [-0.1, -0.05) is 54.6 Å². The van der Waals surface area contributed by atoms with Crippen LogP contribution >= 0.6 is 0 Å². The van der Waals surface area contributed by atoms with E-state index in [0.717, 1.165) is 105 Å². The third kappa shape index (κ3) is 4.23. The lowest BCUT2D eigenvalue weighted by molar-refractivity contribution is 1.05. The van der Waals surface area contributed by atoms with Crippen LogP contribution in [0.2, 0.25) is 0 Å². The fourth-order valence-corrected chi connectivity index (χ4v) is 9.38. The molecule has 0 saturated heterocycles. The van der Waals surface area contributed by atoms with Crippen LogP contribution < -0.4 is 0 Å². The topological polar surface area (TPSA) is 71.3 Å². The Bertz CT molecular complexity index is 3480. The maximum atomic E-state index is 5.20. The second-order valence-corrected chi connectivity index (χ2v) is 14.8. The van der Waals surface area contributed by atoms with Gasteiger partial charge in [-0.15, -0.1) is 0 Å². The molecule has 8 heteroatoms. The minimum absolute atomic E-state index is 0.841. The van der Waals surface area contributed by atoms with Crippen LogP contribution in [-0.4, -0.2) is 38.2 Å². The first-order chi connectivity index (χ1) is 28.8. The molecule has 0 radical (unpaired) electrons. The van der Waals surface area contributed by atoms with Gasteiger partial charge in [0.05, 0.1) is 67.1 Å². The van der Waals surface area contributed by atoms with Crippen molar-refractivity contribution >= 4 is 87.5 Å². The van der Waals surface area contributed by atoms with Crippen molar-refractivity contribution in [1.82, 2.24) is 38.2 Å². The Balaban J connectivity index is 1.07. The van der Waals surface area contributed by atoms with Crippen molar-refractivity contribution in [3.8, 4) is 22.9 Å². The third-order valence-electron chi connectivity index (χ3n) is 11.8. The summed E-state index contributed by atoms with van der Waals surface area (Å²) in [4.78, 5) is 19.3. The largest absolute Gasteiger partial charge is 0.308 e. The van der Waals surface area contributed by atoms with Crippen molar-refractivity contribution in [3.05, 3.63) is 183 Å². The van der Waals surface area contributed by atoms with Crippen LogP contribution in [0.1, 0.15) is 0 Å². The highest BCUT2D eigenvalue weighted by molar-refractivity contribution is 6.13. The predicted molar refractivity (Wildman–Crippen MR) is 235 cm³/mol. The van der Waals surface area contributed by atoms with Gasteiger partial charge in [0, 0.05) is 68.5 Å². The van der Waals surface area contributed by atoms with E-state index in [4.69, 9.17) is 15.0 Å². The van der Waals surface area contributed by atoms with E-state index in [0.29, 0.717) is 0 Å². The molecule has 0 amide bonds. The first kappa shape index (κ1) is 31.1. The molecule has 5 aromatic carbocycles. The summed E-state index contributed by atoms with van der Waals surface area (Å²) in [6.07, 6.45) is 9.53. The van der Waals surface area contributed by atoms with Crippen molar-refractivity contribution in [2.45, 2.75) is 0 Å². The molecule has 0 spiro atoms. The second kappa shape index (κ2) is 11.7. The molecule has 8 nitrogen and oxygen atoms in total. The number of rotatable bonds is 4. The van der Waals surface area contributed by atoms with E-state index in [1.807, 2.05) is 43.1 Å². The number of benzene rings is 5. The van der Waals surface area contributed by atoms with Crippen molar-refractivity contribution in [2.75, 3.05) is 0 Å². The van der Waals surface area contributed by atoms with Gasteiger partial charge in [0.25, 0.3) is 0 Å². The fraction of sp³-hybridized carbons (Fsp3) is 0. The van der Waals surface area contributed by atoms with Gasteiger partial charge in [-0.2, -0.15) is 0 Å². The molecule has 58 heavy (non-hydrogen) atoms. The molecule has 270 valence electrons. The van der Waals surface area contributed by atoms with Crippen LogP contribution in [0.5, 0.6) is 0 Å². The number of nitrogens with zero attached hydrogens (tertiary/aromatic N) is 8. The van der Waals surface area contributed by atoms with Gasteiger partial charge in [-0.3, -0.25) is 19.5 Å². The molecule has 0 N–H and O–H groups in total. The number of hydrogen-bond donors (Lipinski definition) is 0. The van der Waals surface area contributed by atoms with Crippen LogP contribution in [0.3, 0.4) is 0 Å². The fourth-order valence-electron chi connectivity index (χ4n) is 9.38. The average molecular weight is 743 g/mol. The summed E-state index contributed by atoms with van der Waals surface area (Å²) >= 11 is 0. The smallest absolute Gasteiger partial charge is 0.137 e. The van der Waals surface area contributed by atoms with Crippen LogP contribution in [0.25, 0.3) is 110 Å². The Kier molecular flexibility index (Phi) is 6.29. The molecule has 0 aliphatic heterocycles. The minimum atomic E-state index is 0.841. The van der Waals surface area contributed by atoms with Gasteiger partial charge >= 0.3 is 0 Å². The Morgan fingerprint density at radius 2 is 0.776 bits per heavy atom. The summed E-state index contributed by atoms with van der Waals surface area (Å²) in [6, 6.07) is 53.8. The summed E-state index contributed by atoms with van der Waals surface area (Å²) < 4.78 is 9.22. The van der Waals surface area contributed by atoms with E-state index >= 15 is 0 Å².